The number of para-hydroxylation sites is 1. The summed E-state index contributed by atoms with van der Waals surface area (Å²) in [6.45, 7) is 10.1. The van der Waals surface area contributed by atoms with Crippen molar-refractivity contribution in [2.75, 3.05) is 23.7 Å². The number of anilines is 1. The molecule has 8 heteroatoms. The maximum atomic E-state index is 13.8. The number of carbonyl (C=O) groups is 2. The predicted octanol–water partition coefficient (Wildman–Crippen LogP) is 4.22. The summed E-state index contributed by atoms with van der Waals surface area (Å²) in [6, 6.07) is 14.3. The normalized spacial score (nSPS) is 12.3. The van der Waals surface area contributed by atoms with E-state index >= 15 is 0 Å². The second-order valence-electron chi connectivity index (χ2n) is 9.21. The maximum absolute atomic E-state index is 13.8. The van der Waals surface area contributed by atoms with Gasteiger partial charge in [-0.1, -0.05) is 75.7 Å². The third-order valence-corrected chi connectivity index (χ3v) is 7.00. The van der Waals surface area contributed by atoms with E-state index in [1.165, 1.54) is 4.90 Å². The molecule has 35 heavy (non-hydrogen) atoms. The second kappa shape index (κ2) is 12.7. The number of carbonyl (C=O) groups excluding carboxylic acids is 2. The van der Waals surface area contributed by atoms with Crippen LogP contribution in [0.4, 0.5) is 5.69 Å². The summed E-state index contributed by atoms with van der Waals surface area (Å²) < 4.78 is 26.9. The van der Waals surface area contributed by atoms with Gasteiger partial charge in [-0.2, -0.15) is 0 Å². The van der Waals surface area contributed by atoms with Gasteiger partial charge in [-0.15, -0.1) is 0 Å². The van der Waals surface area contributed by atoms with Crippen molar-refractivity contribution in [3.8, 4) is 0 Å². The molecule has 0 aliphatic heterocycles. The third-order valence-electron chi connectivity index (χ3n) is 5.88. The SMILES string of the molecule is CCCNC(=O)C(CC)N(Cc1cccc(C)c1)C(=O)CN(c1ccccc1C(C)C)S(C)(=O)=O. The first-order chi connectivity index (χ1) is 16.5. The summed E-state index contributed by atoms with van der Waals surface area (Å²) in [5.74, 6) is -0.588. The van der Waals surface area contributed by atoms with Crippen LogP contribution in [0.25, 0.3) is 0 Å². The van der Waals surface area contributed by atoms with Crippen molar-refractivity contribution >= 4 is 27.5 Å². The van der Waals surface area contributed by atoms with E-state index in [2.05, 4.69) is 5.32 Å². The zero-order valence-corrected chi connectivity index (χ0v) is 22.6. The fourth-order valence-electron chi connectivity index (χ4n) is 4.09. The molecule has 0 saturated heterocycles. The van der Waals surface area contributed by atoms with Gasteiger partial charge in [-0.05, 0) is 42.9 Å². The van der Waals surface area contributed by atoms with E-state index in [1.807, 2.05) is 71.0 Å². The first-order valence-electron chi connectivity index (χ1n) is 12.2. The predicted molar refractivity (Wildman–Crippen MR) is 142 cm³/mol. The minimum absolute atomic E-state index is 0.0668. The molecule has 0 fully saturated rings. The van der Waals surface area contributed by atoms with E-state index in [9.17, 15) is 18.0 Å². The topological polar surface area (TPSA) is 86.8 Å². The number of nitrogens with zero attached hydrogens (tertiary/aromatic N) is 2. The Balaban J connectivity index is 2.49. The van der Waals surface area contributed by atoms with Gasteiger partial charge in [0.1, 0.15) is 12.6 Å². The van der Waals surface area contributed by atoms with Crippen LogP contribution < -0.4 is 9.62 Å². The van der Waals surface area contributed by atoms with Crippen LogP contribution in [-0.2, 0) is 26.2 Å². The summed E-state index contributed by atoms with van der Waals surface area (Å²) in [6.07, 6.45) is 2.30. The average Bonchev–Trinajstić information content (AvgIpc) is 2.80. The minimum atomic E-state index is -3.76. The van der Waals surface area contributed by atoms with Crippen LogP contribution in [0.2, 0.25) is 0 Å². The Morgan fingerprint density at radius 1 is 1.03 bits per heavy atom. The van der Waals surface area contributed by atoms with Gasteiger partial charge < -0.3 is 10.2 Å². The average molecular weight is 502 g/mol. The molecule has 0 radical (unpaired) electrons. The smallest absolute Gasteiger partial charge is 0.244 e. The highest BCUT2D eigenvalue weighted by molar-refractivity contribution is 7.92. The van der Waals surface area contributed by atoms with Crippen LogP contribution in [0.15, 0.2) is 48.5 Å². The van der Waals surface area contributed by atoms with Crippen LogP contribution >= 0.6 is 0 Å². The van der Waals surface area contributed by atoms with Crippen LogP contribution in [0.3, 0.4) is 0 Å². The zero-order chi connectivity index (χ0) is 26.2. The highest BCUT2D eigenvalue weighted by atomic mass is 32.2. The number of benzene rings is 2. The fourth-order valence-corrected chi connectivity index (χ4v) is 4.96. The lowest BCUT2D eigenvalue weighted by Crippen LogP contribution is -2.52. The Morgan fingerprint density at radius 3 is 2.29 bits per heavy atom. The molecule has 0 aliphatic rings. The molecule has 2 amide bonds. The molecule has 1 unspecified atom stereocenters. The van der Waals surface area contributed by atoms with Gasteiger partial charge in [0, 0.05) is 13.1 Å². The Labute approximate surface area is 210 Å². The van der Waals surface area contributed by atoms with Crippen molar-refractivity contribution in [2.45, 2.75) is 66.0 Å². The van der Waals surface area contributed by atoms with E-state index in [0.29, 0.717) is 18.7 Å². The lowest BCUT2D eigenvalue weighted by atomic mass is 10.0. The van der Waals surface area contributed by atoms with Crippen molar-refractivity contribution in [3.63, 3.8) is 0 Å². The van der Waals surface area contributed by atoms with Crippen LogP contribution in [0.1, 0.15) is 63.1 Å². The van der Waals surface area contributed by atoms with E-state index in [1.54, 1.807) is 12.1 Å². The number of hydrogen-bond donors (Lipinski definition) is 1. The molecule has 2 rings (SSSR count). The van der Waals surface area contributed by atoms with Gasteiger partial charge in [-0.3, -0.25) is 13.9 Å². The van der Waals surface area contributed by atoms with Crippen molar-refractivity contribution in [2.24, 2.45) is 0 Å². The number of sulfonamides is 1. The molecule has 2 aromatic rings. The number of nitrogens with one attached hydrogen (secondary N) is 1. The van der Waals surface area contributed by atoms with Crippen LogP contribution in [0, 0.1) is 6.92 Å². The zero-order valence-electron chi connectivity index (χ0n) is 21.7. The fraction of sp³-hybridized carbons (Fsp3) is 0.481. The molecular weight excluding hydrogens is 462 g/mol. The van der Waals surface area contributed by atoms with Crippen LogP contribution in [-0.4, -0.2) is 50.5 Å². The molecule has 0 aliphatic carbocycles. The molecule has 0 bridgehead atoms. The van der Waals surface area contributed by atoms with Gasteiger partial charge in [0.25, 0.3) is 0 Å². The summed E-state index contributed by atoms with van der Waals surface area (Å²) in [4.78, 5) is 28.3. The highest BCUT2D eigenvalue weighted by Gasteiger charge is 2.32. The molecule has 1 atom stereocenters. The lowest BCUT2D eigenvalue weighted by Gasteiger charge is -2.33. The van der Waals surface area contributed by atoms with Gasteiger partial charge in [0.05, 0.1) is 11.9 Å². The molecule has 0 aromatic heterocycles. The Kier molecular flexibility index (Phi) is 10.3. The molecule has 7 nitrogen and oxygen atoms in total. The van der Waals surface area contributed by atoms with Crippen LogP contribution in [0.5, 0.6) is 0 Å². The number of aryl methyl sites for hydroxylation is 1. The van der Waals surface area contributed by atoms with Gasteiger partial charge in [-0.25, -0.2) is 8.42 Å². The molecule has 0 saturated carbocycles. The van der Waals surface area contributed by atoms with Crippen molar-refractivity contribution in [1.82, 2.24) is 10.2 Å². The van der Waals surface area contributed by atoms with E-state index in [-0.39, 0.29) is 24.9 Å². The Morgan fingerprint density at radius 2 is 1.71 bits per heavy atom. The van der Waals surface area contributed by atoms with Crippen molar-refractivity contribution in [3.05, 3.63) is 65.2 Å². The minimum Gasteiger partial charge on any atom is -0.354 e. The van der Waals surface area contributed by atoms with Gasteiger partial charge in [0.2, 0.25) is 21.8 Å². The van der Waals surface area contributed by atoms with Crippen molar-refractivity contribution in [1.29, 1.82) is 0 Å². The summed E-state index contributed by atoms with van der Waals surface area (Å²) in [7, 11) is -3.76. The number of rotatable bonds is 12. The van der Waals surface area contributed by atoms with Gasteiger partial charge >= 0.3 is 0 Å². The van der Waals surface area contributed by atoms with Crippen molar-refractivity contribution < 1.29 is 18.0 Å². The summed E-state index contributed by atoms with van der Waals surface area (Å²) in [5.41, 5.74) is 3.25. The molecule has 0 spiro atoms. The first kappa shape index (κ1) is 28.4. The van der Waals surface area contributed by atoms with Gasteiger partial charge in [0.15, 0.2) is 0 Å². The first-order valence-corrected chi connectivity index (χ1v) is 14.0. The lowest BCUT2D eigenvalue weighted by molar-refractivity contribution is -0.140. The molecular formula is C27H39N3O4S. The Hall–Kier alpha value is -2.87. The second-order valence-corrected chi connectivity index (χ2v) is 11.1. The molecule has 0 heterocycles. The summed E-state index contributed by atoms with van der Waals surface area (Å²) >= 11 is 0. The van der Waals surface area contributed by atoms with E-state index in [4.69, 9.17) is 0 Å². The standard InChI is InChI=1S/C27H39N3O4S/c1-7-16-28-27(32)24(8-2)29(18-22-13-11-12-21(5)17-22)26(31)19-30(35(6,33)34)25-15-10-9-14-23(25)20(3)4/h9-15,17,20,24H,7-8,16,18-19H2,1-6H3,(H,28,32). The Bertz CT molecular complexity index is 1110. The largest absolute Gasteiger partial charge is 0.354 e. The molecule has 192 valence electrons. The van der Waals surface area contributed by atoms with E-state index < -0.39 is 22.0 Å². The summed E-state index contributed by atoms with van der Waals surface area (Å²) in [5, 5.41) is 2.89. The monoisotopic (exact) mass is 501 g/mol. The maximum Gasteiger partial charge on any atom is 0.244 e. The molecule has 1 N–H and O–H groups in total. The number of hydrogen-bond acceptors (Lipinski definition) is 4. The number of amides is 2. The highest BCUT2D eigenvalue weighted by Crippen LogP contribution is 2.29. The third kappa shape index (κ3) is 7.82. The van der Waals surface area contributed by atoms with E-state index in [0.717, 1.165) is 33.7 Å². The molecule has 2 aromatic carbocycles. The quantitative estimate of drug-likeness (QED) is 0.472.